The topological polar surface area (TPSA) is 77.4 Å². The standard InChI is InChI=1S/C11H20O4/c1-2-3-4-5-6-7-9(12)8-10(13)11(14)15/h9,12H,2-8H2,1H3,(H,14,15)/p-1. The Morgan fingerprint density at radius 2 is 1.80 bits per heavy atom. The molecule has 0 amide bonds. The fourth-order valence-corrected chi connectivity index (χ4v) is 1.38. The van der Waals surface area contributed by atoms with Gasteiger partial charge in [0.05, 0.1) is 6.10 Å². The summed E-state index contributed by atoms with van der Waals surface area (Å²) in [7, 11) is 0. The number of hydrogen-bond donors (Lipinski definition) is 1. The first-order valence-corrected chi connectivity index (χ1v) is 5.50. The number of hydrogen-bond acceptors (Lipinski definition) is 4. The second-order valence-corrected chi connectivity index (χ2v) is 3.77. The number of aliphatic hydroxyl groups excluding tert-OH is 1. The van der Waals surface area contributed by atoms with Crippen molar-refractivity contribution in [3.63, 3.8) is 0 Å². The molecule has 0 fully saturated rings. The fraction of sp³-hybridized carbons (Fsp3) is 0.818. The van der Waals surface area contributed by atoms with E-state index >= 15 is 0 Å². The Kier molecular flexibility index (Phi) is 7.91. The summed E-state index contributed by atoms with van der Waals surface area (Å²) < 4.78 is 0. The summed E-state index contributed by atoms with van der Waals surface area (Å²) in [6.07, 6.45) is 4.64. The second-order valence-electron chi connectivity index (χ2n) is 3.77. The van der Waals surface area contributed by atoms with Crippen LogP contribution in [0, 0.1) is 0 Å². The van der Waals surface area contributed by atoms with Crippen LogP contribution in [0.25, 0.3) is 0 Å². The zero-order valence-electron chi connectivity index (χ0n) is 9.20. The van der Waals surface area contributed by atoms with E-state index in [-0.39, 0.29) is 6.42 Å². The summed E-state index contributed by atoms with van der Waals surface area (Å²) in [4.78, 5) is 20.7. The second kappa shape index (κ2) is 8.41. The van der Waals surface area contributed by atoms with Gasteiger partial charge in [0.2, 0.25) is 0 Å². The number of ketones is 1. The van der Waals surface area contributed by atoms with Crippen LogP contribution in [0.1, 0.15) is 51.9 Å². The third kappa shape index (κ3) is 8.12. The summed E-state index contributed by atoms with van der Waals surface area (Å²) in [6.45, 7) is 2.12. The van der Waals surface area contributed by atoms with Gasteiger partial charge in [-0.3, -0.25) is 4.79 Å². The van der Waals surface area contributed by atoms with Crippen LogP contribution < -0.4 is 5.11 Å². The molecule has 0 saturated carbocycles. The van der Waals surface area contributed by atoms with Gasteiger partial charge in [0.25, 0.3) is 0 Å². The van der Waals surface area contributed by atoms with Gasteiger partial charge in [0, 0.05) is 6.42 Å². The molecule has 0 aliphatic rings. The molecule has 1 N–H and O–H groups in total. The monoisotopic (exact) mass is 215 g/mol. The van der Waals surface area contributed by atoms with Crippen molar-refractivity contribution in [2.75, 3.05) is 0 Å². The fourth-order valence-electron chi connectivity index (χ4n) is 1.38. The van der Waals surface area contributed by atoms with Crippen molar-refractivity contribution >= 4 is 11.8 Å². The molecule has 4 nitrogen and oxygen atoms in total. The Balaban J connectivity index is 3.45. The number of carboxylic acids is 1. The van der Waals surface area contributed by atoms with Crippen LogP contribution in [0.2, 0.25) is 0 Å². The SMILES string of the molecule is CCCCCCCC(O)CC(=O)C(=O)[O-]. The minimum Gasteiger partial charge on any atom is -0.542 e. The molecule has 0 aromatic carbocycles. The summed E-state index contributed by atoms with van der Waals surface area (Å²) in [5.74, 6) is -2.73. The van der Waals surface area contributed by atoms with Crippen LogP contribution in [0.5, 0.6) is 0 Å². The van der Waals surface area contributed by atoms with Gasteiger partial charge in [-0.25, -0.2) is 0 Å². The van der Waals surface area contributed by atoms with Crippen LogP contribution in [0.4, 0.5) is 0 Å². The zero-order chi connectivity index (χ0) is 11.7. The molecule has 0 bridgehead atoms. The van der Waals surface area contributed by atoms with E-state index in [0.717, 1.165) is 25.7 Å². The van der Waals surface area contributed by atoms with Gasteiger partial charge >= 0.3 is 0 Å². The molecule has 0 aliphatic heterocycles. The molecule has 4 heteroatoms. The molecule has 0 heterocycles. The smallest absolute Gasteiger partial charge is 0.180 e. The van der Waals surface area contributed by atoms with Crippen molar-refractivity contribution in [3.8, 4) is 0 Å². The quantitative estimate of drug-likeness (QED) is 0.446. The highest BCUT2D eigenvalue weighted by atomic mass is 16.4. The van der Waals surface area contributed by atoms with Gasteiger partial charge in [-0.2, -0.15) is 0 Å². The number of unbranched alkanes of at least 4 members (excludes halogenated alkanes) is 4. The van der Waals surface area contributed by atoms with E-state index in [4.69, 9.17) is 0 Å². The van der Waals surface area contributed by atoms with E-state index in [1.165, 1.54) is 6.42 Å². The summed E-state index contributed by atoms with van der Waals surface area (Å²) in [5.41, 5.74) is 0. The average molecular weight is 215 g/mol. The molecular formula is C11H19O4-. The normalized spacial score (nSPS) is 12.4. The molecule has 88 valence electrons. The number of carbonyl (C=O) groups excluding carboxylic acids is 2. The van der Waals surface area contributed by atoms with E-state index in [1.54, 1.807) is 0 Å². The van der Waals surface area contributed by atoms with Gasteiger partial charge in [-0.1, -0.05) is 39.0 Å². The maximum atomic E-state index is 10.7. The highest BCUT2D eigenvalue weighted by molar-refractivity contribution is 6.31. The molecule has 0 radical (unpaired) electrons. The van der Waals surface area contributed by atoms with E-state index < -0.39 is 17.9 Å². The molecule has 15 heavy (non-hydrogen) atoms. The third-order valence-corrected chi connectivity index (χ3v) is 2.29. The predicted octanol–water partition coefficient (Wildman–Crippen LogP) is 0.417. The van der Waals surface area contributed by atoms with Gasteiger partial charge in [-0.15, -0.1) is 0 Å². The lowest BCUT2D eigenvalue weighted by Crippen LogP contribution is -2.33. The summed E-state index contributed by atoms with van der Waals surface area (Å²) in [6, 6.07) is 0. The molecule has 0 saturated heterocycles. The highest BCUT2D eigenvalue weighted by Crippen LogP contribution is 2.09. The molecular weight excluding hydrogens is 196 g/mol. The van der Waals surface area contributed by atoms with Crippen LogP contribution in [-0.4, -0.2) is 23.0 Å². The Bertz CT molecular complexity index is 201. The van der Waals surface area contributed by atoms with Gasteiger partial charge in [0.15, 0.2) is 5.78 Å². The molecule has 0 rings (SSSR count). The van der Waals surface area contributed by atoms with Crippen LogP contribution in [0.3, 0.4) is 0 Å². The lowest BCUT2D eigenvalue weighted by molar-refractivity contribution is -0.300. The third-order valence-electron chi connectivity index (χ3n) is 2.29. The van der Waals surface area contributed by atoms with E-state index in [1.807, 2.05) is 0 Å². The highest BCUT2D eigenvalue weighted by Gasteiger charge is 2.10. The number of aliphatic carboxylic acids is 1. The minimum atomic E-state index is -1.71. The first-order valence-electron chi connectivity index (χ1n) is 5.50. The molecule has 0 aliphatic carbocycles. The first kappa shape index (κ1) is 14.1. The molecule has 0 spiro atoms. The number of rotatable bonds is 9. The minimum absolute atomic E-state index is 0.323. The Morgan fingerprint density at radius 3 is 2.33 bits per heavy atom. The number of carbonyl (C=O) groups is 2. The average Bonchev–Trinajstić information content (AvgIpc) is 2.17. The van der Waals surface area contributed by atoms with Crippen molar-refractivity contribution in [3.05, 3.63) is 0 Å². The van der Waals surface area contributed by atoms with E-state index in [0.29, 0.717) is 6.42 Å². The maximum absolute atomic E-state index is 10.7. The van der Waals surface area contributed by atoms with Gasteiger partial charge in [0.1, 0.15) is 5.97 Å². The number of carboxylic acid groups (broad SMARTS) is 1. The summed E-state index contributed by atoms with van der Waals surface area (Å²) >= 11 is 0. The van der Waals surface area contributed by atoms with Crippen LogP contribution in [0.15, 0.2) is 0 Å². The maximum Gasteiger partial charge on any atom is 0.180 e. The molecule has 1 unspecified atom stereocenters. The first-order chi connectivity index (χ1) is 7.07. The zero-order valence-corrected chi connectivity index (χ0v) is 9.20. The van der Waals surface area contributed by atoms with Crippen molar-refractivity contribution in [1.82, 2.24) is 0 Å². The van der Waals surface area contributed by atoms with E-state index in [2.05, 4.69) is 6.92 Å². The predicted molar refractivity (Wildman–Crippen MR) is 54.0 cm³/mol. The lowest BCUT2D eigenvalue weighted by Gasteiger charge is -2.09. The summed E-state index contributed by atoms with van der Waals surface area (Å²) in [5, 5.41) is 19.4. The van der Waals surface area contributed by atoms with Crippen LogP contribution in [-0.2, 0) is 9.59 Å². The van der Waals surface area contributed by atoms with Crippen molar-refractivity contribution in [2.24, 2.45) is 0 Å². The number of aliphatic hydroxyl groups is 1. The Morgan fingerprint density at radius 1 is 1.20 bits per heavy atom. The van der Waals surface area contributed by atoms with Crippen LogP contribution >= 0.6 is 0 Å². The van der Waals surface area contributed by atoms with Crippen molar-refractivity contribution in [1.29, 1.82) is 0 Å². The van der Waals surface area contributed by atoms with Crippen molar-refractivity contribution < 1.29 is 19.8 Å². The van der Waals surface area contributed by atoms with Crippen molar-refractivity contribution in [2.45, 2.75) is 58.0 Å². The molecule has 0 aromatic heterocycles. The molecule has 0 aromatic rings. The van der Waals surface area contributed by atoms with Gasteiger partial charge in [-0.05, 0) is 6.42 Å². The number of Topliss-reactive ketones (excluding diaryl/α,β-unsaturated/α-hetero) is 1. The Hall–Kier alpha value is -0.900. The van der Waals surface area contributed by atoms with Gasteiger partial charge < -0.3 is 15.0 Å². The lowest BCUT2D eigenvalue weighted by atomic mass is 10.0. The Labute approximate surface area is 90.3 Å². The van der Waals surface area contributed by atoms with E-state index in [9.17, 15) is 19.8 Å². The largest absolute Gasteiger partial charge is 0.542 e. The molecule has 1 atom stereocenters.